The lowest BCUT2D eigenvalue weighted by Crippen LogP contribution is -2.32. The molecule has 0 amide bonds. The lowest BCUT2D eigenvalue weighted by atomic mass is 9.98. The lowest BCUT2D eigenvalue weighted by molar-refractivity contribution is 0.281. The van der Waals surface area contributed by atoms with E-state index in [0.29, 0.717) is 6.04 Å². The van der Waals surface area contributed by atoms with Gasteiger partial charge in [-0.15, -0.1) is 0 Å². The summed E-state index contributed by atoms with van der Waals surface area (Å²) in [5, 5.41) is 0. The first-order valence-corrected chi connectivity index (χ1v) is 7.50. The van der Waals surface area contributed by atoms with Gasteiger partial charge in [-0.05, 0) is 57.2 Å². The van der Waals surface area contributed by atoms with E-state index in [2.05, 4.69) is 64.3 Å². The van der Waals surface area contributed by atoms with Gasteiger partial charge in [-0.25, -0.2) is 0 Å². The van der Waals surface area contributed by atoms with Crippen LogP contribution in [-0.2, 0) is 12.8 Å². The predicted molar refractivity (Wildman–Crippen MR) is 85.5 cm³/mol. The lowest BCUT2D eigenvalue weighted by Gasteiger charge is -2.30. The Hall–Kier alpha value is -1.24. The Balaban J connectivity index is 2.77. The van der Waals surface area contributed by atoms with Gasteiger partial charge in [0.1, 0.15) is 0 Å². The molecule has 0 radical (unpaired) electrons. The maximum atomic E-state index is 4.07. The molecule has 1 rings (SSSR count). The van der Waals surface area contributed by atoms with Crippen LogP contribution < -0.4 is 0 Å². The summed E-state index contributed by atoms with van der Waals surface area (Å²) in [4.78, 5) is 2.37. The minimum atomic E-state index is 0.513. The normalized spacial score (nSPS) is 12.3. The van der Waals surface area contributed by atoms with Crippen LogP contribution in [0.25, 0.3) is 0 Å². The zero-order valence-corrected chi connectivity index (χ0v) is 13.3. The highest BCUT2D eigenvalue weighted by Gasteiger charge is 2.12. The van der Waals surface area contributed by atoms with Crippen molar-refractivity contribution in [3.63, 3.8) is 0 Å². The number of rotatable bonds is 7. The smallest absolute Gasteiger partial charge is 0.0298 e. The van der Waals surface area contributed by atoms with E-state index in [0.717, 1.165) is 18.7 Å². The van der Waals surface area contributed by atoms with Gasteiger partial charge in [0, 0.05) is 18.3 Å². The van der Waals surface area contributed by atoms with Crippen LogP contribution in [0.2, 0.25) is 0 Å². The second kappa shape index (κ2) is 7.37. The van der Waals surface area contributed by atoms with Gasteiger partial charge in [0.25, 0.3) is 0 Å². The number of hydrogen-bond donors (Lipinski definition) is 0. The van der Waals surface area contributed by atoms with E-state index in [-0.39, 0.29) is 0 Å². The fraction of sp³-hybridized carbons (Fsp3) is 0.556. The van der Waals surface area contributed by atoms with Gasteiger partial charge in [-0.3, -0.25) is 0 Å². The van der Waals surface area contributed by atoms with Gasteiger partial charge in [0.15, 0.2) is 0 Å². The molecule has 0 spiro atoms. The largest absolute Gasteiger partial charge is 0.373 e. The molecule has 19 heavy (non-hydrogen) atoms. The molecule has 0 saturated carbocycles. The van der Waals surface area contributed by atoms with Crippen molar-refractivity contribution in [1.29, 1.82) is 0 Å². The first-order chi connectivity index (χ1) is 8.99. The van der Waals surface area contributed by atoms with Crippen LogP contribution in [0.1, 0.15) is 50.8 Å². The van der Waals surface area contributed by atoms with E-state index in [1.165, 1.54) is 29.5 Å². The minimum Gasteiger partial charge on any atom is -0.373 e. The molecule has 1 aromatic carbocycles. The fourth-order valence-corrected chi connectivity index (χ4v) is 2.84. The first-order valence-electron chi connectivity index (χ1n) is 7.50. The number of hydrogen-bond acceptors (Lipinski definition) is 1. The SMILES string of the molecule is C=C(C)N(CC)C(C)Cc1ccc(CCC)c(C)c1. The Bertz CT molecular complexity index is 420. The molecule has 0 heterocycles. The van der Waals surface area contributed by atoms with Crippen molar-refractivity contribution in [1.82, 2.24) is 4.90 Å². The molecule has 1 unspecified atom stereocenters. The topological polar surface area (TPSA) is 3.24 Å². The molecule has 0 saturated heterocycles. The first kappa shape index (κ1) is 15.8. The molecular formula is C18H29N. The van der Waals surface area contributed by atoms with Crippen molar-refractivity contribution < 1.29 is 0 Å². The molecule has 0 aliphatic carbocycles. The number of nitrogens with zero attached hydrogens (tertiary/aromatic N) is 1. The maximum Gasteiger partial charge on any atom is 0.0298 e. The third-order valence-electron chi connectivity index (χ3n) is 3.82. The van der Waals surface area contributed by atoms with Gasteiger partial charge >= 0.3 is 0 Å². The molecule has 0 bridgehead atoms. The Morgan fingerprint density at radius 1 is 1.32 bits per heavy atom. The molecule has 1 heteroatoms. The van der Waals surface area contributed by atoms with Gasteiger partial charge in [-0.1, -0.05) is 38.1 Å². The van der Waals surface area contributed by atoms with Crippen molar-refractivity contribution >= 4 is 0 Å². The summed E-state index contributed by atoms with van der Waals surface area (Å²) in [5.74, 6) is 0. The van der Waals surface area contributed by atoms with Crippen molar-refractivity contribution in [2.75, 3.05) is 6.54 Å². The zero-order chi connectivity index (χ0) is 14.4. The highest BCUT2D eigenvalue weighted by molar-refractivity contribution is 5.31. The van der Waals surface area contributed by atoms with E-state index in [9.17, 15) is 0 Å². The number of allylic oxidation sites excluding steroid dienone is 1. The molecule has 106 valence electrons. The van der Waals surface area contributed by atoms with Crippen LogP contribution in [0.5, 0.6) is 0 Å². The molecule has 1 aromatic rings. The highest BCUT2D eigenvalue weighted by Crippen LogP contribution is 2.17. The van der Waals surface area contributed by atoms with Crippen LogP contribution >= 0.6 is 0 Å². The molecule has 1 nitrogen and oxygen atoms in total. The number of likely N-dealkylation sites (N-methyl/N-ethyl adjacent to an activating group) is 1. The van der Waals surface area contributed by atoms with Crippen molar-refractivity contribution in [2.45, 2.75) is 59.9 Å². The van der Waals surface area contributed by atoms with Gasteiger partial charge in [-0.2, -0.15) is 0 Å². The molecule has 0 aromatic heterocycles. The maximum absolute atomic E-state index is 4.07. The third-order valence-corrected chi connectivity index (χ3v) is 3.82. The number of aryl methyl sites for hydroxylation is 2. The van der Waals surface area contributed by atoms with Crippen molar-refractivity contribution in [3.8, 4) is 0 Å². The highest BCUT2D eigenvalue weighted by atomic mass is 15.1. The van der Waals surface area contributed by atoms with Crippen LogP contribution in [0.3, 0.4) is 0 Å². The summed E-state index contributed by atoms with van der Waals surface area (Å²) >= 11 is 0. The molecule has 0 aliphatic heterocycles. The molecular weight excluding hydrogens is 230 g/mol. The Morgan fingerprint density at radius 3 is 2.47 bits per heavy atom. The Labute approximate surface area is 119 Å². The zero-order valence-electron chi connectivity index (χ0n) is 13.3. The van der Waals surface area contributed by atoms with Crippen molar-refractivity contribution in [2.24, 2.45) is 0 Å². The molecule has 0 aliphatic rings. The third kappa shape index (κ3) is 4.41. The number of benzene rings is 1. The Kier molecular flexibility index (Phi) is 6.14. The van der Waals surface area contributed by atoms with E-state index in [4.69, 9.17) is 0 Å². The van der Waals surface area contributed by atoms with E-state index >= 15 is 0 Å². The van der Waals surface area contributed by atoms with Gasteiger partial charge in [0.05, 0.1) is 0 Å². The Morgan fingerprint density at radius 2 is 2.00 bits per heavy atom. The summed E-state index contributed by atoms with van der Waals surface area (Å²) in [5.41, 5.74) is 5.52. The summed E-state index contributed by atoms with van der Waals surface area (Å²) in [6.45, 7) is 16.1. The fourth-order valence-electron chi connectivity index (χ4n) is 2.84. The van der Waals surface area contributed by atoms with Gasteiger partial charge in [0.2, 0.25) is 0 Å². The van der Waals surface area contributed by atoms with Crippen LogP contribution in [0, 0.1) is 6.92 Å². The van der Waals surface area contributed by atoms with Crippen molar-refractivity contribution in [3.05, 3.63) is 47.2 Å². The summed E-state index contributed by atoms with van der Waals surface area (Å²) in [6, 6.07) is 7.46. The standard InChI is InChI=1S/C18H29N/c1-7-9-18-11-10-17(12-15(18)5)13-16(6)19(8-2)14(3)4/h10-12,16H,3,7-9,13H2,1-2,4-6H3. The molecule has 1 atom stereocenters. The van der Waals surface area contributed by atoms with Crippen LogP contribution in [0.15, 0.2) is 30.5 Å². The van der Waals surface area contributed by atoms with E-state index in [1.54, 1.807) is 0 Å². The summed E-state index contributed by atoms with van der Waals surface area (Å²) in [6.07, 6.45) is 3.50. The second-order valence-electron chi connectivity index (χ2n) is 5.59. The average Bonchev–Trinajstić information content (AvgIpc) is 2.33. The van der Waals surface area contributed by atoms with Crippen LogP contribution in [0.4, 0.5) is 0 Å². The molecule has 0 fully saturated rings. The predicted octanol–water partition coefficient (Wildman–Crippen LogP) is 4.73. The monoisotopic (exact) mass is 259 g/mol. The summed E-state index contributed by atoms with van der Waals surface area (Å²) in [7, 11) is 0. The quantitative estimate of drug-likeness (QED) is 0.684. The van der Waals surface area contributed by atoms with Gasteiger partial charge < -0.3 is 4.90 Å². The van der Waals surface area contributed by atoms with E-state index in [1.807, 2.05) is 0 Å². The molecule has 0 N–H and O–H groups in total. The average molecular weight is 259 g/mol. The minimum absolute atomic E-state index is 0.513. The summed E-state index contributed by atoms with van der Waals surface area (Å²) < 4.78 is 0. The second-order valence-corrected chi connectivity index (χ2v) is 5.59. The van der Waals surface area contributed by atoms with Crippen LogP contribution in [-0.4, -0.2) is 17.5 Å². The van der Waals surface area contributed by atoms with E-state index < -0.39 is 0 Å².